The standard InChI is InChI=1S/C9H8F3NO4/c1-16-7-4-5(9(10,11)12)3-6(13(14)15)8(7)17-2/h3-4H,1-2H3. The second-order valence-electron chi connectivity index (χ2n) is 2.99. The van der Waals surface area contributed by atoms with Crippen LogP contribution >= 0.6 is 0 Å². The molecule has 0 saturated carbocycles. The van der Waals surface area contributed by atoms with Crippen LogP contribution in [0.4, 0.5) is 18.9 Å². The van der Waals surface area contributed by atoms with Crippen LogP contribution in [0.15, 0.2) is 12.1 Å². The molecule has 0 spiro atoms. The van der Waals surface area contributed by atoms with Gasteiger partial charge in [-0.3, -0.25) is 10.1 Å². The number of hydrogen-bond acceptors (Lipinski definition) is 4. The van der Waals surface area contributed by atoms with Crippen molar-refractivity contribution in [1.82, 2.24) is 0 Å². The van der Waals surface area contributed by atoms with E-state index in [9.17, 15) is 23.3 Å². The summed E-state index contributed by atoms with van der Waals surface area (Å²) in [5.41, 5.74) is -1.96. The quantitative estimate of drug-likeness (QED) is 0.612. The van der Waals surface area contributed by atoms with E-state index in [1.165, 1.54) is 0 Å². The molecule has 0 unspecified atom stereocenters. The molecule has 1 aromatic rings. The van der Waals surface area contributed by atoms with Crippen LogP contribution in [0.2, 0.25) is 0 Å². The maximum absolute atomic E-state index is 12.5. The highest BCUT2D eigenvalue weighted by Gasteiger charge is 2.35. The van der Waals surface area contributed by atoms with Crippen LogP contribution in [0.5, 0.6) is 11.5 Å². The van der Waals surface area contributed by atoms with E-state index in [4.69, 9.17) is 0 Å². The van der Waals surface area contributed by atoms with Crippen molar-refractivity contribution in [3.8, 4) is 11.5 Å². The molecule has 0 fully saturated rings. The summed E-state index contributed by atoms with van der Waals surface area (Å²) in [5, 5.41) is 10.6. The molecule has 5 nitrogen and oxygen atoms in total. The highest BCUT2D eigenvalue weighted by Crippen LogP contribution is 2.42. The zero-order chi connectivity index (χ0) is 13.2. The molecule has 0 aliphatic heterocycles. The van der Waals surface area contributed by atoms with Crippen molar-refractivity contribution in [2.24, 2.45) is 0 Å². The lowest BCUT2D eigenvalue weighted by molar-refractivity contribution is -0.386. The first-order chi connectivity index (χ1) is 7.81. The molecule has 0 aliphatic carbocycles. The fourth-order valence-corrected chi connectivity index (χ4v) is 1.24. The van der Waals surface area contributed by atoms with Gasteiger partial charge in [-0.05, 0) is 6.07 Å². The molecule has 0 saturated heterocycles. The van der Waals surface area contributed by atoms with Crippen LogP contribution in [0.1, 0.15) is 5.56 Å². The van der Waals surface area contributed by atoms with E-state index in [0.29, 0.717) is 12.1 Å². The van der Waals surface area contributed by atoms with Gasteiger partial charge in [0.25, 0.3) is 0 Å². The number of ether oxygens (including phenoxy) is 2. The van der Waals surface area contributed by atoms with E-state index < -0.39 is 22.4 Å². The number of halogens is 3. The Kier molecular flexibility index (Phi) is 3.45. The molecule has 0 radical (unpaired) electrons. The number of alkyl halides is 3. The van der Waals surface area contributed by atoms with Crippen molar-refractivity contribution in [1.29, 1.82) is 0 Å². The highest BCUT2D eigenvalue weighted by atomic mass is 19.4. The lowest BCUT2D eigenvalue weighted by Gasteiger charge is -2.12. The second-order valence-corrected chi connectivity index (χ2v) is 2.99. The van der Waals surface area contributed by atoms with Crippen LogP contribution in [-0.4, -0.2) is 19.1 Å². The predicted octanol–water partition coefficient (Wildman–Crippen LogP) is 2.63. The average molecular weight is 251 g/mol. The molecule has 0 atom stereocenters. The van der Waals surface area contributed by atoms with Gasteiger partial charge >= 0.3 is 11.9 Å². The molecular weight excluding hydrogens is 243 g/mol. The van der Waals surface area contributed by atoms with Crippen LogP contribution < -0.4 is 9.47 Å². The van der Waals surface area contributed by atoms with E-state index in [1.807, 2.05) is 0 Å². The Hall–Kier alpha value is -1.99. The minimum Gasteiger partial charge on any atom is -0.493 e. The Morgan fingerprint density at radius 3 is 2.18 bits per heavy atom. The molecule has 94 valence electrons. The minimum atomic E-state index is -4.69. The van der Waals surface area contributed by atoms with Crippen LogP contribution in [-0.2, 0) is 6.18 Å². The molecule has 17 heavy (non-hydrogen) atoms. The molecule has 0 aromatic heterocycles. The number of nitro benzene ring substituents is 1. The van der Waals surface area contributed by atoms with Crippen molar-refractivity contribution in [3.05, 3.63) is 27.8 Å². The Morgan fingerprint density at radius 2 is 1.82 bits per heavy atom. The number of benzene rings is 1. The van der Waals surface area contributed by atoms with Crippen LogP contribution in [0.3, 0.4) is 0 Å². The second kappa shape index (κ2) is 4.48. The smallest absolute Gasteiger partial charge is 0.416 e. The molecule has 0 bridgehead atoms. The van der Waals surface area contributed by atoms with Gasteiger partial charge in [0.2, 0.25) is 5.75 Å². The normalized spacial score (nSPS) is 11.1. The van der Waals surface area contributed by atoms with Crippen LogP contribution in [0, 0.1) is 10.1 Å². The number of nitrogens with zero attached hydrogens (tertiary/aromatic N) is 1. The first-order valence-corrected chi connectivity index (χ1v) is 4.29. The monoisotopic (exact) mass is 251 g/mol. The van der Waals surface area contributed by atoms with Gasteiger partial charge in [0.15, 0.2) is 5.75 Å². The Labute approximate surface area is 93.9 Å². The van der Waals surface area contributed by atoms with E-state index >= 15 is 0 Å². The number of rotatable bonds is 3. The molecule has 0 aliphatic rings. The third-order valence-electron chi connectivity index (χ3n) is 1.98. The molecule has 1 rings (SSSR count). The van der Waals surface area contributed by atoms with Crippen molar-refractivity contribution >= 4 is 5.69 Å². The van der Waals surface area contributed by atoms with Gasteiger partial charge in [-0.1, -0.05) is 0 Å². The van der Waals surface area contributed by atoms with Gasteiger partial charge in [-0.25, -0.2) is 0 Å². The topological polar surface area (TPSA) is 61.6 Å². The zero-order valence-electron chi connectivity index (χ0n) is 8.87. The molecule has 8 heteroatoms. The molecular formula is C9H8F3NO4. The van der Waals surface area contributed by atoms with Crippen molar-refractivity contribution < 1.29 is 27.6 Å². The van der Waals surface area contributed by atoms with Crippen molar-refractivity contribution in [3.63, 3.8) is 0 Å². The van der Waals surface area contributed by atoms with Crippen molar-refractivity contribution in [2.45, 2.75) is 6.18 Å². The fourth-order valence-electron chi connectivity index (χ4n) is 1.24. The van der Waals surface area contributed by atoms with Gasteiger partial charge in [-0.2, -0.15) is 13.2 Å². The maximum atomic E-state index is 12.5. The minimum absolute atomic E-state index is 0.339. The number of hydrogen-bond donors (Lipinski definition) is 0. The first-order valence-electron chi connectivity index (χ1n) is 4.29. The fraction of sp³-hybridized carbons (Fsp3) is 0.333. The van der Waals surface area contributed by atoms with E-state index in [-0.39, 0.29) is 11.5 Å². The largest absolute Gasteiger partial charge is 0.493 e. The highest BCUT2D eigenvalue weighted by molar-refractivity contribution is 5.58. The maximum Gasteiger partial charge on any atom is 0.416 e. The summed E-state index contributed by atoms with van der Waals surface area (Å²) in [4.78, 5) is 9.67. The van der Waals surface area contributed by atoms with E-state index in [1.54, 1.807) is 0 Å². The van der Waals surface area contributed by atoms with Crippen LogP contribution in [0.25, 0.3) is 0 Å². The summed E-state index contributed by atoms with van der Waals surface area (Å²) < 4.78 is 46.7. The summed E-state index contributed by atoms with van der Waals surface area (Å²) in [6, 6.07) is 1.05. The first kappa shape index (κ1) is 13.1. The zero-order valence-corrected chi connectivity index (χ0v) is 8.87. The van der Waals surface area contributed by atoms with E-state index in [2.05, 4.69) is 9.47 Å². The third kappa shape index (κ3) is 2.58. The van der Waals surface area contributed by atoms with Gasteiger partial charge < -0.3 is 9.47 Å². The SMILES string of the molecule is COc1cc(C(F)(F)F)cc([N+](=O)[O-])c1OC. The van der Waals surface area contributed by atoms with Gasteiger partial charge in [0.1, 0.15) is 0 Å². The average Bonchev–Trinajstić information content (AvgIpc) is 2.25. The third-order valence-corrected chi connectivity index (χ3v) is 1.98. The van der Waals surface area contributed by atoms with Gasteiger partial charge in [0.05, 0.1) is 24.7 Å². The molecule has 1 aromatic carbocycles. The summed E-state index contributed by atoms with van der Waals surface area (Å²) in [6.07, 6.45) is -4.69. The molecule has 0 amide bonds. The molecule has 0 heterocycles. The molecule has 0 N–H and O–H groups in total. The lowest BCUT2D eigenvalue weighted by Crippen LogP contribution is -2.07. The predicted molar refractivity (Wildman–Crippen MR) is 51.2 cm³/mol. The summed E-state index contributed by atoms with van der Waals surface area (Å²) in [5.74, 6) is -0.681. The number of nitro groups is 1. The Balaban J connectivity index is 3.51. The van der Waals surface area contributed by atoms with Gasteiger partial charge in [-0.15, -0.1) is 0 Å². The Bertz CT molecular complexity index is 445. The van der Waals surface area contributed by atoms with Crippen molar-refractivity contribution in [2.75, 3.05) is 14.2 Å². The summed E-state index contributed by atoms with van der Waals surface area (Å²) in [6.45, 7) is 0. The van der Waals surface area contributed by atoms with E-state index in [0.717, 1.165) is 14.2 Å². The number of methoxy groups -OCH3 is 2. The summed E-state index contributed by atoms with van der Waals surface area (Å²) >= 11 is 0. The lowest BCUT2D eigenvalue weighted by atomic mass is 10.1. The van der Waals surface area contributed by atoms with Gasteiger partial charge in [0, 0.05) is 6.07 Å². The Morgan fingerprint density at radius 1 is 1.24 bits per heavy atom. The summed E-state index contributed by atoms with van der Waals surface area (Å²) in [7, 11) is 2.21.